The molecule has 0 spiro atoms. The zero-order chi connectivity index (χ0) is 12.1. The lowest BCUT2D eigenvalue weighted by Gasteiger charge is -2.00. The fourth-order valence-electron chi connectivity index (χ4n) is 1.37. The third-order valence-electron chi connectivity index (χ3n) is 2.27. The lowest BCUT2D eigenvalue weighted by atomic mass is 10.2. The van der Waals surface area contributed by atoms with E-state index in [1.54, 1.807) is 11.8 Å². The third-order valence-corrected chi connectivity index (χ3v) is 3.25. The van der Waals surface area contributed by atoms with Gasteiger partial charge in [0.1, 0.15) is 0 Å². The SMILES string of the molecule is CCc1noc(CSc2cccc(CO)c2)n1. The van der Waals surface area contributed by atoms with Crippen LogP contribution in [0.3, 0.4) is 0 Å². The number of aryl methyl sites for hydroxylation is 1. The molecule has 1 heterocycles. The zero-order valence-electron chi connectivity index (χ0n) is 9.59. The first-order valence-electron chi connectivity index (χ1n) is 5.46. The van der Waals surface area contributed by atoms with E-state index in [1.165, 1.54) is 0 Å². The number of aliphatic hydroxyl groups is 1. The fraction of sp³-hybridized carbons (Fsp3) is 0.333. The minimum atomic E-state index is 0.0644. The Bertz CT molecular complexity index is 485. The van der Waals surface area contributed by atoms with Crippen LogP contribution in [0.2, 0.25) is 0 Å². The van der Waals surface area contributed by atoms with Gasteiger partial charge in [0.15, 0.2) is 5.82 Å². The first-order valence-corrected chi connectivity index (χ1v) is 6.44. The molecule has 0 aliphatic carbocycles. The monoisotopic (exact) mass is 250 g/mol. The van der Waals surface area contributed by atoms with Crippen molar-refractivity contribution in [2.24, 2.45) is 0 Å². The summed E-state index contributed by atoms with van der Waals surface area (Å²) < 4.78 is 5.10. The summed E-state index contributed by atoms with van der Waals surface area (Å²) in [4.78, 5) is 5.33. The number of hydrogen-bond donors (Lipinski definition) is 1. The topological polar surface area (TPSA) is 59.2 Å². The molecule has 0 unspecified atom stereocenters. The highest BCUT2D eigenvalue weighted by molar-refractivity contribution is 7.98. The van der Waals surface area contributed by atoms with Gasteiger partial charge >= 0.3 is 0 Å². The molecule has 1 N–H and O–H groups in total. The second-order valence-corrected chi connectivity index (χ2v) is 4.60. The minimum Gasteiger partial charge on any atom is -0.392 e. The van der Waals surface area contributed by atoms with Crippen molar-refractivity contribution in [2.45, 2.75) is 30.6 Å². The van der Waals surface area contributed by atoms with Gasteiger partial charge in [0.05, 0.1) is 12.4 Å². The van der Waals surface area contributed by atoms with Crippen molar-refractivity contribution in [2.75, 3.05) is 0 Å². The van der Waals surface area contributed by atoms with Gasteiger partial charge in [0.25, 0.3) is 0 Å². The maximum atomic E-state index is 9.03. The van der Waals surface area contributed by atoms with Crippen molar-refractivity contribution in [3.63, 3.8) is 0 Å². The average molecular weight is 250 g/mol. The lowest BCUT2D eigenvalue weighted by Crippen LogP contribution is -1.85. The van der Waals surface area contributed by atoms with Gasteiger partial charge in [-0.3, -0.25) is 0 Å². The summed E-state index contributed by atoms with van der Waals surface area (Å²) in [6, 6.07) is 7.79. The molecule has 1 aromatic carbocycles. The van der Waals surface area contributed by atoms with E-state index in [0.29, 0.717) is 11.6 Å². The Balaban J connectivity index is 1.96. The normalized spacial score (nSPS) is 10.7. The second-order valence-electron chi connectivity index (χ2n) is 3.55. The minimum absolute atomic E-state index is 0.0644. The van der Waals surface area contributed by atoms with E-state index in [0.717, 1.165) is 22.7 Å². The van der Waals surface area contributed by atoms with E-state index < -0.39 is 0 Å². The molecule has 0 radical (unpaired) electrons. The number of hydrogen-bond acceptors (Lipinski definition) is 5. The standard InChI is InChI=1S/C12H14N2O2S/c1-2-11-13-12(16-14-11)8-17-10-5-3-4-9(6-10)7-15/h3-6,15H,2,7-8H2,1H3. The molecular formula is C12H14N2O2S. The Morgan fingerprint density at radius 1 is 1.41 bits per heavy atom. The number of aliphatic hydroxyl groups excluding tert-OH is 1. The Hall–Kier alpha value is -1.33. The van der Waals surface area contributed by atoms with E-state index in [9.17, 15) is 0 Å². The van der Waals surface area contributed by atoms with Crippen LogP contribution in [-0.4, -0.2) is 15.2 Å². The van der Waals surface area contributed by atoms with E-state index in [4.69, 9.17) is 9.63 Å². The van der Waals surface area contributed by atoms with Crippen LogP contribution in [-0.2, 0) is 18.8 Å². The van der Waals surface area contributed by atoms with Crippen LogP contribution in [0.4, 0.5) is 0 Å². The predicted octanol–water partition coefficient (Wildman–Crippen LogP) is 2.42. The van der Waals surface area contributed by atoms with Gasteiger partial charge in [0.2, 0.25) is 5.89 Å². The number of nitrogens with zero attached hydrogens (tertiary/aromatic N) is 2. The van der Waals surface area contributed by atoms with Gasteiger partial charge in [-0.05, 0) is 17.7 Å². The van der Waals surface area contributed by atoms with Gasteiger partial charge in [-0.2, -0.15) is 4.98 Å². The van der Waals surface area contributed by atoms with E-state index in [1.807, 2.05) is 31.2 Å². The van der Waals surface area contributed by atoms with E-state index in [-0.39, 0.29) is 6.61 Å². The molecule has 0 fully saturated rings. The molecule has 0 aliphatic heterocycles. The molecule has 0 aliphatic rings. The number of thioether (sulfide) groups is 1. The molecule has 90 valence electrons. The van der Waals surface area contributed by atoms with Crippen molar-refractivity contribution in [3.8, 4) is 0 Å². The van der Waals surface area contributed by atoms with Gasteiger partial charge < -0.3 is 9.63 Å². The highest BCUT2D eigenvalue weighted by Crippen LogP contribution is 2.22. The summed E-state index contributed by atoms with van der Waals surface area (Å²) in [5, 5.41) is 12.9. The molecule has 2 aromatic rings. The molecular weight excluding hydrogens is 236 g/mol. The molecule has 0 saturated carbocycles. The average Bonchev–Trinajstić information content (AvgIpc) is 2.84. The maximum absolute atomic E-state index is 9.03. The van der Waals surface area contributed by atoms with E-state index in [2.05, 4.69) is 10.1 Å². The van der Waals surface area contributed by atoms with Gasteiger partial charge in [-0.1, -0.05) is 24.2 Å². The first kappa shape index (κ1) is 12.1. The molecule has 2 rings (SSSR count). The van der Waals surface area contributed by atoms with Gasteiger partial charge in [-0.15, -0.1) is 11.8 Å². The maximum Gasteiger partial charge on any atom is 0.237 e. The highest BCUT2D eigenvalue weighted by Gasteiger charge is 2.05. The first-order chi connectivity index (χ1) is 8.31. The smallest absolute Gasteiger partial charge is 0.237 e. The van der Waals surface area contributed by atoms with Crippen molar-refractivity contribution >= 4 is 11.8 Å². The lowest BCUT2D eigenvalue weighted by molar-refractivity contribution is 0.281. The van der Waals surface area contributed by atoms with Crippen LogP contribution in [0.25, 0.3) is 0 Å². The molecule has 4 nitrogen and oxygen atoms in total. The summed E-state index contributed by atoms with van der Waals surface area (Å²) in [7, 11) is 0. The predicted molar refractivity (Wildman–Crippen MR) is 65.6 cm³/mol. The van der Waals surface area contributed by atoms with Crippen LogP contribution in [0, 0.1) is 0 Å². The van der Waals surface area contributed by atoms with Crippen LogP contribution in [0.5, 0.6) is 0 Å². The molecule has 17 heavy (non-hydrogen) atoms. The Kier molecular flexibility index (Phi) is 4.17. The van der Waals surface area contributed by atoms with Gasteiger partial charge in [0, 0.05) is 11.3 Å². The molecule has 0 amide bonds. The fourth-order valence-corrected chi connectivity index (χ4v) is 2.19. The number of rotatable bonds is 5. The van der Waals surface area contributed by atoms with Crippen molar-refractivity contribution < 1.29 is 9.63 Å². The van der Waals surface area contributed by atoms with Crippen LogP contribution < -0.4 is 0 Å². The third kappa shape index (κ3) is 3.31. The zero-order valence-corrected chi connectivity index (χ0v) is 10.4. The molecule has 0 bridgehead atoms. The summed E-state index contributed by atoms with van der Waals surface area (Å²) in [5.74, 6) is 2.04. The van der Waals surface area contributed by atoms with Crippen molar-refractivity contribution in [3.05, 3.63) is 41.5 Å². The van der Waals surface area contributed by atoms with Gasteiger partial charge in [-0.25, -0.2) is 0 Å². The van der Waals surface area contributed by atoms with Crippen molar-refractivity contribution in [1.29, 1.82) is 0 Å². The van der Waals surface area contributed by atoms with Crippen LogP contribution in [0.15, 0.2) is 33.7 Å². The number of aromatic nitrogens is 2. The summed E-state index contributed by atoms with van der Waals surface area (Å²) >= 11 is 1.62. The molecule has 5 heteroatoms. The number of benzene rings is 1. The molecule has 0 atom stereocenters. The van der Waals surface area contributed by atoms with E-state index >= 15 is 0 Å². The van der Waals surface area contributed by atoms with Crippen LogP contribution >= 0.6 is 11.8 Å². The quantitative estimate of drug-likeness (QED) is 0.826. The summed E-state index contributed by atoms with van der Waals surface area (Å²) in [6.45, 7) is 2.06. The summed E-state index contributed by atoms with van der Waals surface area (Å²) in [5.41, 5.74) is 0.912. The van der Waals surface area contributed by atoms with Crippen molar-refractivity contribution in [1.82, 2.24) is 10.1 Å². The Morgan fingerprint density at radius 3 is 3.00 bits per heavy atom. The Labute approximate surface area is 104 Å². The second kappa shape index (κ2) is 5.84. The largest absolute Gasteiger partial charge is 0.392 e. The highest BCUT2D eigenvalue weighted by atomic mass is 32.2. The van der Waals surface area contributed by atoms with Crippen LogP contribution in [0.1, 0.15) is 24.2 Å². The molecule has 1 aromatic heterocycles. The Morgan fingerprint density at radius 2 is 2.29 bits per heavy atom. The molecule has 0 saturated heterocycles. The summed E-state index contributed by atoms with van der Waals surface area (Å²) in [6.07, 6.45) is 0.786.